The third kappa shape index (κ3) is 2.98. The molecule has 0 saturated heterocycles. The Hall–Kier alpha value is -1.04. The Kier molecular flexibility index (Phi) is 4.35. The highest BCUT2D eigenvalue weighted by molar-refractivity contribution is 5.80. The molecule has 0 spiro atoms. The van der Waals surface area contributed by atoms with Crippen LogP contribution in [0.1, 0.15) is 52.9 Å². The first-order valence-electron chi connectivity index (χ1n) is 6.21. The van der Waals surface area contributed by atoms with E-state index in [4.69, 9.17) is 5.26 Å². The maximum Gasteiger partial charge on any atom is 0.224 e. The Bertz CT molecular complexity index is 291. The van der Waals surface area contributed by atoms with E-state index in [9.17, 15) is 4.79 Å². The highest BCUT2D eigenvalue weighted by Crippen LogP contribution is 2.40. The van der Waals surface area contributed by atoms with E-state index >= 15 is 0 Å². The number of nitrogens with zero attached hydrogens (tertiary/aromatic N) is 1. The van der Waals surface area contributed by atoms with Gasteiger partial charge in [0.2, 0.25) is 5.91 Å². The van der Waals surface area contributed by atoms with Crippen molar-refractivity contribution in [2.24, 2.45) is 11.3 Å². The van der Waals surface area contributed by atoms with Crippen LogP contribution in [0.2, 0.25) is 0 Å². The minimum atomic E-state index is -0.328. The van der Waals surface area contributed by atoms with Crippen molar-refractivity contribution < 1.29 is 4.79 Å². The van der Waals surface area contributed by atoms with Crippen molar-refractivity contribution in [1.82, 2.24) is 5.32 Å². The number of amides is 1. The van der Waals surface area contributed by atoms with Crippen LogP contribution in [0.25, 0.3) is 0 Å². The molecule has 0 radical (unpaired) electrons. The topological polar surface area (TPSA) is 52.9 Å². The SMILES string of the molecule is CCC(C#N)NC(=O)C1CCCCC1(C)C. The average molecular weight is 222 g/mol. The second kappa shape index (κ2) is 5.34. The molecule has 0 aromatic carbocycles. The molecule has 2 unspecified atom stereocenters. The van der Waals surface area contributed by atoms with E-state index in [1.54, 1.807) is 0 Å². The van der Waals surface area contributed by atoms with Crippen LogP contribution >= 0.6 is 0 Å². The third-order valence-electron chi connectivity index (χ3n) is 3.70. The molecule has 0 heterocycles. The number of nitrogens with one attached hydrogen (secondary N) is 1. The average Bonchev–Trinajstić information content (AvgIpc) is 2.24. The number of nitriles is 1. The van der Waals surface area contributed by atoms with Gasteiger partial charge in [0.05, 0.1) is 6.07 Å². The standard InChI is InChI=1S/C13H22N2O/c1-4-10(9-14)15-12(16)11-7-5-6-8-13(11,2)3/h10-11H,4-8H2,1-3H3,(H,15,16). The molecule has 1 N–H and O–H groups in total. The van der Waals surface area contributed by atoms with Gasteiger partial charge in [0, 0.05) is 5.92 Å². The smallest absolute Gasteiger partial charge is 0.224 e. The van der Waals surface area contributed by atoms with E-state index in [0.29, 0.717) is 6.42 Å². The molecule has 0 bridgehead atoms. The van der Waals surface area contributed by atoms with E-state index in [1.165, 1.54) is 6.42 Å². The van der Waals surface area contributed by atoms with Crippen LogP contribution < -0.4 is 5.32 Å². The van der Waals surface area contributed by atoms with Gasteiger partial charge in [-0.1, -0.05) is 33.6 Å². The largest absolute Gasteiger partial charge is 0.340 e. The van der Waals surface area contributed by atoms with Crippen LogP contribution in [0.15, 0.2) is 0 Å². The van der Waals surface area contributed by atoms with Gasteiger partial charge in [-0.15, -0.1) is 0 Å². The van der Waals surface area contributed by atoms with Gasteiger partial charge >= 0.3 is 0 Å². The van der Waals surface area contributed by atoms with Gasteiger partial charge in [0.1, 0.15) is 6.04 Å². The third-order valence-corrected chi connectivity index (χ3v) is 3.70. The van der Waals surface area contributed by atoms with E-state index in [0.717, 1.165) is 19.3 Å². The summed E-state index contributed by atoms with van der Waals surface area (Å²) in [6.07, 6.45) is 5.08. The molecule has 90 valence electrons. The van der Waals surface area contributed by atoms with Crippen molar-refractivity contribution in [1.29, 1.82) is 5.26 Å². The molecule has 0 aromatic heterocycles. The van der Waals surface area contributed by atoms with Gasteiger partial charge in [0.25, 0.3) is 0 Å². The van der Waals surface area contributed by atoms with Crippen LogP contribution in [0.4, 0.5) is 0 Å². The molecule has 1 aliphatic carbocycles. The molecule has 16 heavy (non-hydrogen) atoms. The normalized spacial score (nSPS) is 25.5. The second-order valence-electron chi connectivity index (χ2n) is 5.39. The fourth-order valence-corrected chi connectivity index (χ4v) is 2.48. The van der Waals surface area contributed by atoms with Gasteiger partial charge in [-0.3, -0.25) is 4.79 Å². The van der Waals surface area contributed by atoms with Crippen molar-refractivity contribution in [3.05, 3.63) is 0 Å². The lowest BCUT2D eigenvalue weighted by atomic mass is 9.68. The van der Waals surface area contributed by atoms with Crippen LogP contribution in [0.5, 0.6) is 0 Å². The summed E-state index contributed by atoms with van der Waals surface area (Å²) in [4.78, 5) is 12.1. The summed E-state index contributed by atoms with van der Waals surface area (Å²) in [6.45, 7) is 6.23. The van der Waals surface area contributed by atoms with Crippen molar-refractivity contribution >= 4 is 5.91 Å². The molecule has 3 heteroatoms. The Morgan fingerprint density at radius 1 is 1.56 bits per heavy atom. The Balaban J connectivity index is 2.62. The molecule has 1 saturated carbocycles. The maximum absolute atomic E-state index is 12.1. The number of carbonyl (C=O) groups is 1. The quantitative estimate of drug-likeness (QED) is 0.798. The van der Waals surface area contributed by atoms with E-state index < -0.39 is 0 Å². The van der Waals surface area contributed by atoms with E-state index in [-0.39, 0.29) is 23.3 Å². The molecule has 3 nitrogen and oxygen atoms in total. The van der Waals surface area contributed by atoms with Gasteiger partial charge in [0.15, 0.2) is 0 Å². The van der Waals surface area contributed by atoms with Gasteiger partial charge in [-0.25, -0.2) is 0 Å². The summed E-state index contributed by atoms with van der Waals surface area (Å²) in [5.74, 6) is 0.141. The minimum Gasteiger partial charge on any atom is -0.340 e. The van der Waals surface area contributed by atoms with Crippen molar-refractivity contribution in [2.45, 2.75) is 58.9 Å². The fraction of sp³-hybridized carbons (Fsp3) is 0.846. The van der Waals surface area contributed by atoms with Crippen LogP contribution in [-0.2, 0) is 4.79 Å². The van der Waals surface area contributed by atoms with Gasteiger partial charge in [-0.2, -0.15) is 5.26 Å². The molecule has 1 rings (SSSR count). The number of carbonyl (C=O) groups excluding carboxylic acids is 1. The molecule has 1 aliphatic rings. The molecular weight excluding hydrogens is 200 g/mol. The molecule has 1 amide bonds. The van der Waals surface area contributed by atoms with Crippen LogP contribution in [0, 0.1) is 22.7 Å². The lowest BCUT2D eigenvalue weighted by Gasteiger charge is -2.37. The molecule has 0 aromatic rings. The maximum atomic E-state index is 12.1. The molecule has 0 aliphatic heterocycles. The predicted molar refractivity (Wildman–Crippen MR) is 63.6 cm³/mol. The van der Waals surface area contributed by atoms with Gasteiger partial charge in [-0.05, 0) is 24.7 Å². The first kappa shape index (κ1) is 13.0. The molecule has 2 atom stereocenters. The lowest BCUT2D eigenvalue weighted by molar-refractivity contribution is -0.130. The minimum absolute atomic E-state index is 0.0677. The monoisotopic (exact) mass is 222 g/mol. The Morgan fingerprint density at radius 2 is 2.25 bits per heavy atom. The summed E-state index contributed by atoms with van der Waals surface area (Å²) in [7, 11) is 0. The first-order valence-corrected chi connectivity index (χ1v) is 6.21. The first-order chi connectivity index (χ1) is 7.51. The summed E-state index contributed by atoms with van der Waals surface area (Å²) >= 11 is 0. The van der Waals surface area contributed by atoms with Crippen LogP contribution in [-0.4, -0.2) is 11.9 Å². The zero-order valence-corrected chi connectivity index (χ0v) is 10.5. The zero-order chi connectivity index (χ0) is 12.2. The van der Waals surface area contributed by atoms with E-state index in [2.05, 4.69) is 25.2 Å². The number of hydrogen-bond donors (Lipinski definition) is 1. The predicted octanol–water partition coefficient (Wildman–Crippen LogP) is 2.62. The number of hydrogen-bond acceptors (Lipinski definition) is 2. The molecular formula is C13H22N2O. The Labute approximate surface area is 98.2 Å². The Morgan fingerprint density at radius 3 is 2.75 bits per heavy atom. The van der Waals surface area contributed by atoms with Crippen molar-refractivity contribution in [3.8, 4) is 6.07 Å². The molecule has 1 fully saturated rings. The van der Waals surface area contributed by atoms with Gasteiger partial charge < -0.3 is 5.32 Å². The summed E-state index contributed by atoms with van der Waals surface area (Å²) < 4.78 is 0. The highest BCUT2D eigenvalue weighted by atomic mass is 16.2. The van der Waals surface area contributed by atoms with Crippen molar-refractivity contribution in [3.63, 3.8) is 0 Å². The van der Waals surface area contributed by atoms with Crippen LogP contribution in [0.3, 0.4) is 0 Å². The summed E-state index contributed by atoms with van der Waals surface area (Å²) in [5.41, 5.74) is 0.0794. The summed E-state index contributed by atoms with van der Waals surface area (Å²) in [6, 6.07) is 1.79. The lowest BCUT2D eigenvalue weighted by Crippen LogP contribution is -2.44. The van der Waals surface area contributed by atoms with Crippen molar-refractivity contribution in [2.75, 3.05) is 0 Å². The van der Waals surface area contributed by atoms with E-state index in [1.807, 2.05) is 6.92 Å². The number of rotatable bonds is 3. The highest BCUT2D eigenvalue weighted by Gasteiger charge is 2.37. The fourth-order valence-electron chi connectivity index (χ4n) is 2.48. The zero-order valence-electron chi connectivity index (χ0n) is 10.5. The second-order valence-corrected chi connectivity index (χ2v) is 5.39. The summed E-state index contributed by atoms with van der Waals surface area (Å²) in [5, 5.41) is 11.7.